The molecule has 0 spiro atoms. The maximum Gasteiger partial charge on any atom is 0.184 e. The van der Waals surface area contributed by atoms with Crippen LogP contribution in [0.3, 0.4) is 0 Å². The number of allylic oxidation sites excluding steroid dienone is 8. The van der Waals surface area contributed by atoms with Crippen molar-refractivity contribution in [1.82, 2.24) is 4.90 Å². The molecule has 31 heavy (non-hydrogen) atoms. The lowest BCUT2D eigenvalue weighted by molar-refractivity contribution is -0.488. The van der Waals surface area contributed by atoms with Crippen LogP contribution in [0.25, 0.3) is 0 Å². The minimum atomic E-state index is 0.275. The second kappa shape index (κ2) is 8.41. The molecule has 2 heterocycles. The first kappa shape index (κ1) is 24.1. The summed E-state index contributed by atoms with van der Waals surface area (Å²) in [5.41, 5.74) is 14.4. The predicted octanol–water partition coefficient (Wildman–Crippen LogP) is 7.29. The first-order chi connectivity index (χ1) is 14.3. The molecule has 1 aliphatic carbocycles. The molecule has 2 aliphatic heterocycles. The summed E-state index contributed by atoms with van der Waals surface area (Å²) < 4.78 is 2.49. The van der Waals surface area contributed by atoms with Crippen molar-refractivity contribution in [3.05, 3.63) is 44.7 Å². The molecule has 0 saturated carbocycles. The van der Waals surface area contributed by atoms with Crippen molar-refractivity contribution in [2.24, 2.45) is 10.8 Å². The molecule has 1 saturated heterocycles. The SMILES string of the molecule is CC1=C(C(/C)=C(/C)C2=[N+](C)CCC2(C)C)CCC/C1=C(C)\C(C)=C1/N(C)CCC1(C)C. The fourth-order valence-electron chi connectivity index (χ4n) is 6.72. The van der Waals surface area contributed by atoms with Gasteiger partial charge in [-0.25, -0.2) is 4.58 Å². The van der Waals surface area contributed by atoms with E-state index < -0.39 is 0 Å². The van der Waals surface area contributed by atoms with E-state index in [0.29, 0.717) is 0 Å². The Bertz CT molecular complexity index is 928. The molecule has 172 valence electrons. The van der Waals surface area contributed by atoms with Crippen LogP contribution in [0.4, 0.5) is 0 Å². The van der Waals surface area contributed by atoms with Gasteiger partial charge < -0.3 is 4.90 Å². The van der Waals surface area contributed by atoms with E-state index in [2.05, 4.69) is 85.9 Å². The first-order valence-corrected chi connectivity index (χ1v) is 12.4. The fourth-order valence-corrected chi connectivity index (χ4v) is 6.72. The van der Waals surface area contributed by atoms with Gasteiger partial charge in [0.25, 0.3) is 0 Å². The second-order valence-electron chi connectivity index (χ2n) is 11.7. The van der Waals surface area contributed by atoms with E-state index in [4.69, 9.17) is 0 Å². The number of likely N-dealkylation sites (tertiary alicyclic amines) is 1. The van der Waals surface area contributed by atoms with Gasteiger partial charge in [-0.3, -0.25) is 0 Å². The van der Waals surface area contributed by atoms with E-state index in [9.17, 15) is 0 Å². The van der Waals surface area contributed by atoms with Crippen LogP contribution >= 0.6 is 0 Å². The Morgan fingerprint density at radius 2 is 1.52 bits per heavy atom. The first-order valence-electron chi connectivity index (χ1n) is 12.4. The Kier molecular flexibility index (Phi) is 6.53. The van der Waals surface area contributed by atoms with E-state index in [1.807, 2.05) is 0 Å². The molecule has 2 nitrogen and oxygen atoms in total. The van der Waals surface area contributed by atoms with Crippen LogP contribution in [0, 0.1) is 10.8 Å². The number of hydrogen-bond donors (Lipinski definition) is 0. The summed E-state index contributed by atoms with van der Waals surface area (Å²) in [5, 5.41) is 0. The van der Waals surface area contributed by atoms with Crippen molar-refractivity contribution < 1.29 is 4.58 Å². The zero-order valence-electron chi connectivity index (χ0n) is 22.3. The Morgan fingerprint density at radius 3 is 2.03 bits per heavy atom. The summed E-state index contributed by atoms with van der Waals surface area (Å²) in [6.07, 6.45) is 6.19. The molecule has 0 atom stereocenters. The summed E-state index contributed by atoms with van der Waals surface area (Å²) >= 11 is 0. The molecule has 0 aromatic carbocycles. The maximum absolute atomic E-state index is 2.49. The van der Waals surface area contributed by atoms with Gasteiger partial charge in [0.2, 0.25) is 0 Å². The average Bonchev–Trinajstić information content (AvgIpc) is 3.12. The third-order valence-corrected chi connectivity index (χ3v) is 8.69. The average molecular weight is 424 g/mol. The predicted molar refractivity (Wildman–Crippen MR) is 136 cm³/mol. The minimum Gasteiger partial charge on any atom is -0.377 e. The van der Waals surface area contributed by atoms with E-state index >= 15 is 0 Å². The van der Waals surface area contributed by atoms with Crippen molar-refractivity contribution in [2.45, 2.75) is 94.4 Å². The molecular weight excluding hydrogens is 376 g/mol. The topological polar surface area (TPSA) is 6.25 Å². The zero-order valence-corrected chi connectivity index (χ0v) is 22.3. The van der Waals surface area contributed by atoms with Gasteiger partial charge >= 0.3 is 0 Å². The molecule has 1 fully saturated rings. The molecule has 0 amide bonds. The van der Waals surface area contributed by atoms with Crippen LogP contribution in [-0.2, 0) is 0 Å². The third kappa shape index (κ3) is 4.24. The number of rotatable bonds is 3. The van der Waals surface area contributed by atoms with Gasteiger partial charge in [0.1, 0.15) is 13.6 Å². The van der Waals surface area contributed by atoms with Gasteiger partial charge in [-0.1, -0.05) is 13.8 Å². The molecular formula is C29H47N2+. The molecule has 0 aromatic heterocycles. The van der Waals surface area contributed by atoms with Crippen LogP contribution in [0.1, 0.15) is 94.4 Å². The highest BCUT2D eigenvalue weighted by Gasteiger charge is 2.40. The molecule has 0 radical (unpaired) electrons. The van der Waals surface area contributed by atoms with Crippen molar-refractivity contribution >= 4 is 5.71 Å². The molecule has 3 aliphatic rings. The largest absolute Gasteiger partial charge is 0.377 e. The molecule has 2 heteroatoms. The highest BCUT2D eigenvalue weighted by molar-refractivity contribution is 6.01. The van der Waals surface area contributed by atoms with Crippen molar-refractivity contribution in [1.29, 1.82) is 0 Å². The Morgan fingerprint density at radius 1 is 0.871 bits per heavy atom. The Labute approximate surface area is 192 Å². The summed E-state index contributed by atoms with van der Waals surface area (Å²) in [6, 6.07) is 0. The second-order valence-corrected chi connectivity index (χ2v) is 11.7. The van der Waals surface area contributed by atoms with Gasteiger partial charge in [0.05, 0.1) is 5.41 Å². The maximum atomic E-state index is 2.49. The van der Waals surface area contributed by atoms with Gasteiger partial charge in [0, 0.05) is 36.7 Å². The molecule has 3 rings (SSSR count). The lowest BCUT2D eigenvalue weighted by Crippen LogP contribution is -2.25. The third-order valence-electron chi connectivity index (χ3n) is 8.69. The number of nitrogens with zero attached hydrogens (tertiary/aromatic N) is 2. The summed E-state index contributed by atoms with van der Waals surface area (Å²) in [5.74, 6) is 0. The van der Waals surface area contributed by atoms with Gasteiger partial charge in [-0.2, -0.15) is 0 Å². The molecule has 0 unspecified atom stereocenters. The van der Waals surface area contributed by atoms with Crippen LogP contribution in [0.5, 0.6) is 0 Å². The van der Waals surface area contributed by atoms with Crippen LogP contribution in [0.15, 0.2) is 44.7 Å². The molecule has 0 aromatic rings. The van der Waals surface area contributed by atoms with Crippen molar-refractivity contribution in [3.63, 3.8) is 0 Å². The smallest absolute Gasteiger partial charge is 0.184 e. The van der Waals surface area contributed by atoms with Crippen LogP contribution in [-0.4, -0.2) is 42.4 Å². The van der Waals surface area contributed by atoms with Crippen LogP contribution in [0.2, 0.25) is 0 Å². The van der Waals surface area contributed by atoms with Crippen molar-refractivity contribution in [2.75, 3.05) is 27.2 Å². The summed E-state index contributed by atoms with van der Waals surface area (Å²) in [7, 11) is 4.54. The lowest BCUT2D eigenvalue weighted by Gasteiger charge is -2.29. The lowest BCUT2D eigenvalue weighted by atomic mass is 9.77. The van der Waals surface area contributed by atoms with Gasteiger partial charge in [-0.05, 0) is 108 Å². The number of hydrogen-bond acceptors (Lipinski definition) is 1. The van der Waals surface area contributed by atoms with Gasteiger partial charge in [0.15, 0.2) is 5.71 Å². The Balaban J connectivity index is 2.11. The van der Waals surface area contributed by atoms with Gasteiger partial charge in [-0.15, -0.1) is 0 Å². The standard InChI is InChI=1S/C29H47N2/c1-19(21(3)26-28(6,7)15-17-30(26)10)24-13-12-14-25(23(24)5)20(2)22(4)27-29(8,9)16-18-31(27)11/h12-18H2,1-11H3/q+1. The fraction of sp³-hybridized carbons (Fsp3) is 0.690. The quantitative estimate of drug-likeness (QED) is 0.432. The highest BCUT2D eigenvalue weighted by atomic mass is 15.1. The normalized spacial score (nSPS) is 27.8. The van der Waals surface area contributed by atoms with Crippen LogP contribution < -0.4 is 0 Å². The van der Waals surface area contributed by atoms with Crippen molar-refractivity contribution in [3.8, 4) is 0 Å². The van der Waals surface area contributed by atoms with E-state index in [0.717, 1.165) is 0 Å². The molecule has 0 bridgehead atoms. The highest BCUT2D eigenvalue weighted by Crippen LogP contribution is 2.44. The minimum absolute atomic E-state index is 0.275. The summed E-state index contributed by atoms with van der Waals surface area (Å²) in [4.78, 5) is 2.49. The van der Waals surface area contributed by atoms with E-state index in [1.54, 1.807) is 22.6 Å². The van der Waals surface area contributed by atoms with E-state index in [1.165, 1.54) is 73.1 Å². The van der Waals surface area contributed by atoms with E-state index in [-0.39, 0.29) is 10.8 Å². The zero-order chi connectivity index (χ0) is 23.3. The summed E-state index contributed by atoms with van der Waals surface area (Å²) in [6.45, 7) is 23.9. The Hall–Kier alpha value is -1.57. The molecule has 0 N–H and O–H groups in total. The monoisotopic (exact) mass is 423 g/mol.